The lowest BCUT2D eigenvalue weighted by molar-refractivity contribution is -0.321. The van der Waals surface area contributed by atoms with Crippen LogP contribution in [0.5, 0.6) is 0 Å². The fraction of sp³-hybridized carbons (Fsp3) is 0.609. The summed E-state index contributed by atoms with van der Waals surface area (Å²) >= 11 is 0. The number of alkyl halides is 3. The summed E-state index contributed by atoms with van der Waals surface area (Å²) in [5.41, 5.74) is -0.915. The number of fused-ring (bicyclic) bond motifs is 1. The van der Waals surface area contributed by atoms with E-state index in [0.29, 0.717) is 0 Å². The van der Waals surface area contributed by atoms with Crippen molar-refractivity contribution in [3.05, 3.63) is 30.1 Å². The van der Waals surface area contributed by atoms with Gasteiger partial charge in [0, 0.05) is 19.0 Å². The van der Waals surface area contributed by atoms with Gasteiger partial charge in [0.15, 0.2) is 5.78 Å². The highest BCUT2D eigenvalue weighted by Gasteiger charge is 2.70. The highest BCUT2D eigenvalue weighted by Crippen LogP contribution is 2.65. The van der Waals surface area contributed by atoms with Gasteiger partial charge < -0.3 is 10.6 Å². The van der Waals surface area contributed by atoms with Gasteiger partial charge in [0.2, 0.25) is 21.8 Å². The van der Waals surface area contributed by atoms with Crippen molar-refractivity contribution in [3.8, 4) is 0 Å². The molecule has 1 unspecified atom stereocenters. The predicted octanol–water partition coefficient (Wildman–Crippen LogP) is 1.22. The van der Waals surface area contributed by atoms with Gasteiger partial charge in [0.25, 0.3) is 0 Å². The second-order valence-corrected chi connectivity index (χ2v) is 14.7. The van der Waals surface area contributed by atoms with E-state index >= 15 is 0 Å². The minimum atomic E-state index is -5.11. The van der Waals surface area contributed by atoms with Crippen LogP contribution in [0, 0.1) is 29.0 Å². The Morgan fingerprint density at radius 1 is 1.27 bits per heavy atom. The highest BCUT2D eigenvalue weighted by atomic mass is 33.2. The molecule has 40 heavy (non-hydrogen) atoms. The van der Waals surface area contributed by atoms with Gasteiger partial charge in [0.05, 0.1) is 11.7 Å². The lowest BCUT2D eigenvalue weighted by Crippen LogP contribution is -2.54. The number of ketones is 1. The van der Waals surface area contributed by atoms with Crippen LogP contribution in [0.15, 0.2) is 24.3 Å². The molecule has 3 N–H and O–H groups in total. The average Bonchev–Trinajstić information content (AvgIpc) is 3.20. The normalized spacial score (nSPS) is 27.4. The Labute approximate surface area is 229 Å². The molecule has 0 bridgehead atoms. The first kappa shape index (κ1) is 30.3. The minimum Gasteiger partial charge on any atom is -0.356 e. The van der Waals surface area contributed by atoms with Crippen LogP contribution in [0.4, 0.5) is 23.2 Å². The molecule has 1 aromatic carbocycles. The number of hydrogen-bond donors (Lipinski definition) is 3. The number of hydrogen-bond acceptors (Lipinski definition) is 7. The summed E-state index contributed by atoms with van der Waals surface area (Å²) in [5.74, 6) is -4.92. The Morgan fingerprint density at radius 3 is 2.55 bits per heavy atom. The number of anilines is 1. The zero-order valence-electron chi connectivity index (χ0n) is 21.4. The molecule has 3 aliphatic rings. The van der Waals surface area contributed by atoms with Crippen molar-refractivity contribution in [2.24, 2.45) is 23.2 Å². The molecule has 222 valence electrons. The summed E-state index contributed by atoms with van der Waals surface area (Å²) in [7, 11) is -7.65. The molecule has 1 saturated carbocycles. The SMILES string of the molecule is CC1(C)[C@@H]2[C@@H](C(=O)N[C@@H](C[C@@H]3CCNC3=O)C(=O)COC(F)(F)F)N(S(=O)S(=O)(=O)Nc3ccccc3F)C[C@@H]21. The Kier molecular flexibility index (Phi) is 8.33. The number of nitrogens with zero attached hydrogens (tertiary/aromatic N) is 1. The van der Waals surface area contributed by atoms with Crippen LogP contribution >= 0.6 is 0 Å². The van der Waals surface area contributed by atoms with Gasteiger partial charge in [-0.25, -0.2) is 8.60 Å². The van der Waals surface area contributed by atoms with Crippen molar-refractivity contribution in [2.45, 2.75) is 45.1 Å². The van der Waals surface area contributed by atoms with Gasteiger partial charge in [-0.3, -0.25) is 23.8 Å². The summed E-state index contributed by atoms with van der Waals surface area (Å²) in [4.78, 5) is 38.3. The van der Waals surface area contributed by atoms with Gasteiger partial charge in [0.1, 0.15) is 18.5 Å². The standard InChI is InChI=1S/C23H28F4N4O7S2/c1-22(2)13-10-31(39(35)40(36,37)30-15-6-4-3-5-14(15)24)19(18(13)22)21(34)29-16(9-12-7-8-28-20(12)33)17(32)11-38-23(25,26)27/h3-6,12-13,16,18-19,30H,7-11H2,1-2H3,(H,28,33)(H,29,34)/t12-,13-,16-,18-,19-,39?/m0/s1. The van der Waals surface area contributed by atoms with Crippen LogP contribution in [-0.4, -0.2) is 72.7 Å². The van der Waals surface area contributed by atoms with Gasteiger partial charge in [-0.05, 0) is 42.2 Å². The summed E-state index contributed by atoms with van der Waals surface area (Å²) in [5, 5.41) is 4.91. The molecule has 1 aromatic rings. The Balaban J connectivity index is 1.55. The van der Waals surface area contributed by atoms with Crippen molar-refractivity contribution in [1.82, 2.24) is 14.9 Å². The lowest BCUT2D eigenvalue weighted by atomic mass is 9.95. The maximum Gasteiger partial charge on any atom is 0.522 e. The fourth-order valence-electron chi connectivity index (χ4n) is 5.47. The van der Waals surface area contributed by atoms with Crippen molar-refractivity contribution >= 4 is 42.4 Å². The second kappa shape index (κ2) is 11.0. The molecule has 2 aliphatic heterocycles. The van der Waals surface area contributed by atoms with Crippen molar-refractivity contribution < 1.29 is 49.3 Å². The number of para-hydroxylation sites is 1. The first-order chi connectivity index (χ1) is 18.5. The van der Waals surface area contributed by atoms with E-state index in [1.54, 1.807) is 0 Å². The zero-order chi connectivity index (χ0) is 29.6. The molecule has 2 heterocycles. The lowest BCUT2D eigenvalue weighted by Gasteiger charge is -2.30. The van der Waals surface area contributed by atoms with E-state index < -0.39 is 90.5 Å². The summed E-state index contributed by atoms with van der Waals surface area (Å²) in [6, 6.07) is 1.90. The van der Waals surface area contributed by atoms with E-state index in [-0.39, 0.29) is 31.8 Å². The number of piperidine rings is 1. The van der Waals surface area contributed by atoms with Gasteiger partial charge in [-0.1, -0.05) is 26.0 Å². The Morgan fingerprint density at radius 2 is 1.95 bits per heavy atom. The van der Waals surface area contributed by atoms with Crippen LogP contribution in [0.2, 0.25) is 0 Å². The van der Waals surface area contributed by atoms with Crippen molar-refractivity contribution in [3.63, 3.8) is 0 Å². The molecule has 3 fully saturated rings. The summed E-state index contributed by atoms with van der Waals surface area (Å²) < 4.78 is 97.3. The van der Waals surface area contributed by atoms with Crippen LogP contribution in [0.25, 0.3) is 0 Å². The van der Waals surface area contributed by atoms with E-state index in [4.69, 9.17) is 0 Å². The zero-order valence-corrected chi connectivity index (χ0v) is 23.0. The third-order valence-electron chi connectivity index (χ3n) is 7.69. The van der Waals surface area contributed by atoms with Crippen LogP contribution in [0.1, 0.15) is 26.7 Å². The number of carbonyl (C=O) groups is 3. The Bertz CT molecular complexity index is 1320. The van der Waals surface area contributed by atoms with Crippen LogP contribution in [0.3, 0.4) is 0 Å². The van der Waals surface area contributed by atoms with Crippen LogP contribution < -0.4 is 15.4 Å². The fourth-order valence-corrected chi connectivity index (χ4v) is 8.63. The maximum atomic E-state index is 14.0. The molecule has 11 nitrogen and oxygen atoms in total. The first-order valence-corrected chi connectivity index (χ1v) is 15.4. The second-order valence-electron chi connectivity index (χ2n) is 10.5. The first-order valence-electron chi connectivity index (χ1n) is 12.3. The van der Waals surface area contributed by atoms with E-state index in [0.717, 1.165) is 16.4 Å². The van der Waals surface area contributed by atoms with E-state index in [1.807, 2.05) is 18.6 Å². The van der Waals surface area contributed by atoms with Crippen molar-refractivity contribution in [1.29, 1.82) is 0 Å². The number of halogens is 4. The highest BCUT2D eigenvalue weighted by molar-refractivity contribution is 8.63. The number of nitrogens with one attached hydrogen (secondary N) is 3. The van der Waals surface area contributed by atoms with E-state index in [2.05, 4.69) is 15.4 Å². The van der Waals surface area contributed by atoms with E-state index in [1.165, 1.54) is 12.1 Å². The Hall–Kier alpha value is -2.63. The molecule has 1 aliphatic carbocycles. The molecule has 4 rings (SSSR count). The van der Waals surface area contributed by atoms with E-state index in [9.17, 15) is 44.6 Å². The molecule has 2 saturated heterocycles. The number of ether oxygens (including phenoxy) is 1. The summed E-state index contributed by atoms with van der Waals surface area (Å²) in [6.07, 6.45) is -5.13. The topological polar surface area (TPSA) is 151 Å². The number of Topliss-reactive ketones (excluding diaryl/α,β-unsaturated/α-hetero) is 1. The molecule has 0 aromatic heterocycles. The smallest absolute Gasteiger partial charge is 0.356 e. The minimum absolute atomic E-state index is 0.0820. The molecule has 0 spiro atoms. The molecule has 17 heteroatoms. The average molecular weight is 613 g/mol. The monoisotopic (exact) mass is 612 g/mol. The third-order valence-corrected chi connectivity index (χ3v) is 11.2. The third kappa shape index (κ3) is 6.31. The number of amides is 2. The largest absolute Gasteiger partial charge is 0.522 e. The number of carbonyl (C=O) groups excluding carboxylic acids is 3. The molecule has 0 radical (unpaired) electrons. The van der Waals surface area contributed by atoms with Gasteiger partial charge in [-0.2, -0.15) is 12.7 Å². The number of rotatable bonds is 11. The van der Waals surface area contributed by atoms with Gasteiger partial charge >= 0.3 is 15.4 Å². The van der Waals surface area contributed by atoms with Crippen molar-refractivity contribution in [2.75, 3.05) is 24.4 Å². The summed E-state index contributed by atoms with van der Waals surface area (Å²) in [6.45, 7) is 2.43. The molecular weight excluding hydrogens is 584 g/mol. The molecule has 2 amide bonds. The molecular formula is C23H28F4N4O7S2. The number of benzene rings is 1. The van der Waals surface area contributed by atoms with Crippen LogP contribution in [-0.2, 0) is 38.2 Å². The predicted molar refractivity (Wildman–Crippen MR) is 133 cm³/mol. The quantitative estimate of drug-likeness (QED) is 0.251. The van der Waals surface area contributed by atoms with Gasteiger partial charge in [-0.15, -0.1) is 13.2 Å². The molecule has 6 atom stereocenters. The maximum absolute atomic E-state index is 14.0.